The molecular weight excluding hydrogens is 336 g/mol. The first-order chi connectivity index (χ1) is 9.35. The predicted octanol–water partition coefficient (Wildman–Crippen LogP) is 2.37. The van der Waals surface area contributed by atoms with Crippen molar-refractivity contribution in [3.63, 3.8) is 0 Å². The minimum absolute atomic E-state index is 0.0446. The zero-order valence-corrected chi connectivity index (χ0v) is 12.5. The van der Waals surface area contributed by atoms with Crippen molar-refractivity contribution < 1.29 is 18.4 Å². The molecule has 0 aliphatic carbocycles. The Hall–Kier alpha value is -1.70. The van der Waals surface area contributed by atoms with E-state index in [0.29, 0.717) is 12.6 Å². The zero-order chi connectivity index (χ0) is 15.3. The van der Waals surface area contributed by atoms with Crippen molar-refractivity contribution >= 4 is 33.6 Å². The zero-order valence-electron chi connectivity index (χ0n) is 10.9. The highest BCUT2D eigenvalue weighted by Crippen LogP contribution is 2.24. The van der Waals surface area contributed by atoms with Crippen LogP contribution in [0, 0.1) is 11.6 Å². The number of hydrogen-bond acceptors (Lipinski definition) is 3. The van der Waals surface area contributed by atoms with Crippen LogP contribution >= 0.6 is 15.9 Å². The van der Waals surface area contributed by atoms with Gasteiger partial charge in [-0.05, 0) is 35.8 Å². The maximum absolute atomic E-state index is 13.5. The number of rotatable bonds is 4. The molecule has 5 nitrogen and oxygen atoms in total. The normalized spacial score (nSPS) is 11.7. The average molecular weight is 350 g/mol. The second kappa shape index (κ2) is 7.18. The van der Waals surface area contributed by atoms with Gasteiger partial charge in [-0.3, -0.25) is 10.1 Å². The van der Waals surface area contributed by atoms with E-state index in [1.54, 1.807) is 6.92 Å². The number of imide groups is 1. The maximum atomic E-state index is 13.5. The van der Waals surface area contributed by atoms with Gasteiger partial charge in [-0.25, -0.2) is 13.6 Å². The molecule has 0 spiro atoms. The number of nitrogens with one attached hydrogen (secondary N) is 3. The molecule has 1 unspecified atom stereocenters. The Bertz CT molecular complexity index is 526. The third kappa shape index (κ3) is 4.44. The SMILES string of the molecule is CCNC(=O)NC(=O)C(C)Nc1cc(Br)c(F)cc1F. The molecule has 0 heterocycles. The van der Waals surface area contributed by atoms with Crippen LogP contribution in [0.2, 0.25) is 0 Å². The average Bonchev–Trinajstić information content (AvgIpc) is 2.35. The Morgan fingerprint density at radius 2 is 1.95 bits per heavy atom. The van der Waals surface area contributed by atoms with Crippen molar-refractivity contribution in [3.05, 3.63) is 28.2 Å². The molecule has 0 fully saturated rings. The Morgan fingerprint density at radius 3 is 2.55 bits per heavy atom. The number of amides is 3. The van der Waals surface area contributed by atoms with Crippen molar-refractivity contribution in [1.29, 1.82) is 0 Å². The number of carbonyl (C=O) groups is 2. The molecule has 3 amide bonds. The van der Waals surface area contributed by atoms with Gasteiger partial charge < -0.3 is 10.6 Å². The summed E-state index contributed by atoms with van der Waals surface area (Å²) in [5, 5.41) is 7.04. The van der Waals surface area contributed by atoms with Crippen LogP contribution in [0.15, 0.2) is 16.6 Å². The summed E-state index contributed by atoms with van der Waals surface area (Å²) in [5.41, 5.74) is -0.0446. The number of carbonyl (C=O) groups excluding carboxylic acids is 2. The van der Waals surface area contributed by atoms with Crippen LogP contribution in [-0.4, -0.2) is 24.5 Å². The van der Waals surface area contributed by atoms with Crippen LogP contribution in [0.1, 0.15) is 13.8 Å². The van der Waals surface area contributed by atoms with Gasteiger partial charge in [-0.1, -0.05) is 0 Å². The summed E-state index contributed by atoms with van der Waals surface area (Å²) in [6.45, 7) is 3.53. The second-order valence-corrected chi connectivity index (χ2v) is 4.82. The number of anilines is 1. The number of benzene rings is 1. The van der Waals surface area contributed by atoms with Crippen LogP contribution in [0.5, 0.6) is 0 Å². The topological polar surface area (TPSA) is 70.2 Å². The summed E-state index contributed by atoms with van der Waals surface area (Å²) in [6.07, 6.45) is 0. The van der Waals surface area contributed by atoms with Crippen LogP contribution in [0.3, 0.4) is 0 Å². The monoisotopic (exact) mass is 349 g/mol. The standard InChI is InChI=1S/C12H14BrF2N3O2/c1-3-16-12(20)18-11(19)6(2)17-10-4-7(13)8(14)5-9(10)15/h4-6,17H,3H2,1-2H3,(H2,16,18,19,20). The van der Waals surface area contributed by atoms with E-state index in [9.17, 15) is 18.4 Å². The lowest BCUT2D eigenvalue weighted by molar-refractivity contribution is -0.120. The van der Waals surface area contributed by atoms with Gasteiger partial charge in [0, 0.05) is 12.6 Å². The smallest absolute Gasteiger partial charge is 0.321 e. The highest BCUT2D eigenvalue weighted by molar-refractivity contribution is 9.10. The summed E-state index contributed by atoms with van der Waals surface area (Å²) in [4.78, 5) is 22.8. The number of hydrogen-bond donors (Lipinski definition) is 3. The molecule has 0 aliphatic rings. The molecule has 3 N–H and O–H groups in total. The van der Waals surface area contributed by atoms with Gasteiger partial charge in [0.2, 0.25) is 5.91 Å². The maximum Gasteiger partial charge on any atom is 0.321 e. The number of urea groups is 1. The van der Waals surface area contributed by atoms with Gasteiger partial charge in [0.15, 0.2) is 0 Å². The fourth-order valence-electron chi connectivity index (χ4n) is 1.36. The van der Waals surface area contributed by atoms with E-state index in [0.717, 1.165) is 0 Å². The lowest BCUT2D eigenvalue weighted by Crippen LogP contribution is -2.45. The van der Waals surface area contributed by atoms with Crippen molar-refractivity contribution in [2.24, 2.45) is 0 Å². The van der Waals surface area contributed by atoms with E-state index in [-0.39, 0.29) is 10.2 Å². The van der Waals surface area contributed by atoms with Crippen LogP contribution in [-0.2, 0) is 4.79 Å². The fourth-order valence-corrected chi connectivity index (χ4v) is 1.70. The summed E-state index contributed by atoms with van der Waals surface area (Å²) in [5.74, 6) is -2.20. The van der Waals surface area contributed by atoms with Crippen molar-refractivity contribution in [1.82, 2.24) is 10.6 Å². The molecule has 1 aromatic rings. The van der Waals surface area contributed by atoms with E-state index < -0.39 is 29.6 Å². The summed E-state index contributed by atoms with van der Waals surface area (Å²) in [6, 6.07) is 0.373. The van der Waals surface area contributed by atoms with E-state index in [1.807, 2.05) is 0 Å². The predicted molar refractivity (Wildman–Crippen MR) is 74.4 cm³/mol. The summed E-state index contributed by atoms with van der Waals surface area (Å²) < 4.78 is 26.6. The third-order valence-corrected chi connectivity index (χ3v) is 2.96. The van der Waals surface area contributed by atoms with E-state index in [4.69, 9.17) is 0 Å². The largest absolute Gasteiger partial charge is 0.371 e. The first-order valence-electron chi connectivity index (χ1n) is 5.85. The minimum Gasteiger partial charge on any atom is -0.371 e. The van der Waals surface area contributed by atoms with Gasteiger partial charge in [-0.2, -0.15) is 0 Å². The molecule has 0 aliphatic heterocycles. The number of halogens is 3. The van der Waals surface area contributed by atoms with Gasteiger partial charge in [0.25, 0.3) is 0 Å². The molecule has 0 aromatic heterocycles. The molecule has 0 saturated heterocycles. The Balaban J connectivity index is 2.71. The van der Waals surface area contributed by atoms with E-state index in [1.165, 1.54) is 13.0 Å². The minimum atomic E-state index is -0.871. The molecule has 110 valence electrons. The van der Waals surface area contributed by atoms with Crippen molar-refractivity contribution in [2.75, 3.05) is 11.9 Å². The quantitative estimate of drug-likeness (QED) is 0.731. The van der Waals surface area contributed by atoms with Crippen molar-refractivity contribution in [3.8, 4) is 0 Å². The highest BCUT2D eigenvalue weighted by Gasteiger charge is 2.17. The molecule has 1 rings (SSSR count). The first-order valence-corrected chi connectivity index (χ1v) is 6.64. The van der Waals surface area contributed by atoms with Crippen molar-refractivity contribution in [2.45, 2.75) is 19.9 Å². The summed E-state index contributed by atoms with van der Waals surface area (Å²) >= 11 is 2.92. The lowest BCUT2D eigenvalue weighted by atomic mass is 10.2. The van der Waals surface area contributed by atoms with Crippen LogP contribution < -0.4 is 16.0 Å². The molecule has 20 heavy (non-hydrogen) atoms. The Kier molecular flexibility index (Phi) is 5.87. The second-order valence-electron chi connectivity index (χ2n) is 3.96. The van der Waals surface area contributed by atoms with Gasteiger partial charge in [0.1, 0.15) is 17.7 Å². The Morgan fingerprint density at radius 1 is 1.30 bits per heavy atom. The van der Waals surface area contributed by atoms with Crippen LogP contribution in [0.25, 0.3) is 0 Å². The van der Waals surface area contributed by atoms with Gasteiger partial charge in [0.05, 0.1) is 10.2 Å². The van der Waals surface area contributed by atoms with Crippen LogP contribution in [0.4, 0.5) is 19.3 Å². The first kappa shape index (κ1) is 16.4. The molecule has 0 bridgehead atoms. The Labute approximate surface area is 123 Å². The van der Waals surface area contributed by atoms with Gasteiger partial charge >= 0.3 is 6.03 Å². The molecule has 0 saturated carbocycles. The molecule has 0 radical (unpaired) electrons. The lowest BCUT2D eigenvalue weighted by Gasteiger charge is -2.15. The summed E-state index contributed by atoms with van der Waals surface area (Å²) in [7, 11) is 0. The fraction of sp³-hybridized carbons (Fsp3) is 0.333. The van der Waals surface area contributed by atoms with E-state index >= 15 is 0 Å². The highest BCUT2D eigenvalue weighted by atomic mass is 79.9. The molecule has 1 atom stereocenters. The van der Waals surface area contributed by atoms with Gasteiger partial charge in [-0.15, -0.1) is 0 Å². The van der Waals surface area contributed by atoms with E-state index in [2.05, 4.69) is 31.9 Å². The molecule has 1 aromatic carbocycles. The molecule has 8 heteroatoms. The third-order valence-electron chi connectivity index (χ3n) is 2.35. The molecular formula is C12H14BrF2N3O2.